The van der Waals surface area contributed by atoms with Crippen molar-refractivity contribution in [2.24, 2.45) is 0 Å². The van der Waals surface area contributed by atoms with Crippen molar-refractivity contribution in [1.29, 1.82) is 0 Å². The van der Waals surface area contributed by atoms with Gasteiger partial charge in [-0.1, -0.05) is 17.8 Å². The van der Waals surface area contributed by atoms with Gasteiger partial charge >= 0.3 is 0 Å². The van der Waals surface area contributed by atoms with Crippen LogP contribution in [0, 0.1) is 11.6 Å². The minimum absolute atomic E-state index is 0.358. The molecule has 0 radical (unpaired) electrons. The molecule has 0 spiro atoms. The highest BCUT2D eigenvalue weighted by Gasteiger charge is 2.14. The fourth-order valence-corrected chi connectivity index (χ4v) is 3.03. The first kappa shape index (κ1) is 14.0. The van der Waals surface area contributed by atoms with E-state index in [-0.39, 0.29) is 0 Å². The molecule has 6 heteroatoms. The number of hydrogen-bond acceptors (Lipinski definition) is 3. The Hall–Kier alpha value is -1.92. The minimum Gasteiger partial charge on any atom is -0.314 e. The lowest BCUT2D eigenvalue weighted by molar-refractivity contribution is 0.565. The van der Waals surface area contributed by atoms with Crippen LogP contribution in [-0.2, 0) is 6.54 Å². The molecule has 0 saturated carbocycles. The average Bonchev–Trinajstić information content (AvgIpc) is 2.81. The van der Waals surface area contributed by atoms with Crippen LogP contribution in [-0.4, -0.2) is 16.4 Å². The van der Waals surface area contributed by atoms with E-state index in [9.17, 15) is 8.78 Å². The van der Waals surface area contributed by atoms with E-state index in [1.807, 2.05) is 35.8 Å². The predicted molar refractivity (Wildman–Crippen MR) is 78.4 cm³/mol. The summed E-state index contributed by atoms with van der Waals surface area (Å²) < 4.78 is 28.7. The molecule has 1 N–H and O–H groups in total. The van der Waals surface area contributed by atoms with Gasteiger partial charge in [0.2, 0.25) is 0 Å². The third-order valence-electron chi connectivity index (χ3n) is 3.04. The van der Waals surface area contributed by atoms with Gasteiger partial charge in [0.1, 0.15) is 22.3 Å². The zero-order valence-corrected chi connectivity index (χ0v) is 12.1. The van der Waals surface area contributed by atoms with Crippen LogP contribution < -0.4 is 5.32 Å². The Balaban J connectivity index is 2.05. The number of rotatable bonds is 4. The normalized spacial score (nSPS) is 11.2. The fraction of sp³-hybridized carbons (Fsp3) is 0.133. The molecular weight excluding hydrogens is 292 g/mol. The lowest BCUT2D eigenvalue weighted by atomic mass is 10.3. The van der Waals surface area contributed by atoms with E-state index >= 15 is 0 Å². The van der Waals surface area contributed by atoms with Crippen molar-refractivity contribution in [3.8, 4) is 0 Å². The Morgan fingerprint density at radius 2 is 2.10 bits per heavy atom. The standard InChI is InChI=1S/C15H13F2N3S/c1-18-9-12-15(19-14-4-2-3-7-20(12)14)21-13-6-5-10(16)8-11(13)17/h2-8,18H,9H2,1H3. The van der Waals surface area contributed by atoms with E-state index in [0.717, 1.165) is 17.4 Å². The fourth-order valence-electron chi connectivity index (χ4n) is 2.10. The molecule has 0 saturated heterocycles. The minimum atomic E-state index is -0.581. The van der Waals surface area contributed by atoms with Crippen molar-refractivity contribution in [2.75, 3.05) is 7.05 Å². The van der Waals surface area contributed by atoms with Gasteiger partial charge in [-0.15, -0.1) is 0 Å². The predicted octanol–water partition coefficient (Wildman–Crippen LogP) is 3.48. The SMILES string of the molecule is CNCc1c(Sc2ccc(F)cc2F)nc2ccccn12. The van der Waals surface area contributed by atoms with Gasteiger partial charge in [-0.2, -0.15) is 0 Å². The van der Waals surface area contributed by atoms with Crippen LogP contribution in [0.4, 0.5) is 8.78 Å². The highest BCUT2D eigenvalue weighted by molar-refractivity contribution is 7.99. The number of fused-ring (bicyclic) bond motifs is 1. The van der Waals surface area contributed by atoms with Gasteiger partial charge in [0.25, 0.3) is 0 Å². The highest BCUT2D eigenvalue weighted by atomic mass is 32.2. The molecule has 0 aliphatic heterocycles. The molecule has 0 aliphatic carbocycles. The molecule has 0 fully saturated rings. The Bertz CT molecular complexity index is 786. The molecular formula is C15H13F2N3S. The third kappa shape index (κ3) is 2.77. The largest absolute Gasteiger partial charge is 0.314 e. The molecule has 0 aliphatic rings. The van der Waals surface area contributed by atoms with Crippen LogP contribution >= 0.6 is 11.8 Å². The van der Waals surface area contributed by atoms with Gasteiger partial charge in [-0.3, -0.25) is 0 Å². The summed E-state index contributed by atoms with van der Waals surface area (Å²) in [5, 5.41) is 3.79. The lowest BCUT2D eigenvalue weighted by Gasteiger charge is -2.05. The van der Waals surface area contributed by atoms with Gasteiger partial charge in [-0.25, -0.2) is 13.8 Å². The summed E-state index contributed by atoms with van der Waals surface area (Å²) in [5.74, 6) is -1.16. The Kier molecular flexibility index (Phi) is 3.90. The first-order chi connectivity index (χ1) is 10.2. The first-order valence-electron chi connectivity index (χ1n) is 6.42. The molecule has 1 aromatic carbocycles. The molecule has 0 unspecified atom stereocenters. The molecule has 2 heterocycles. The second kappa shape index (κ2) is 5.83. The molecule has 3 aromatic rings. The van der Waals surface area contributed by atoms with Crippen molar-refractivity contribution in [3.63, 3.8) is 0 Å². The molecule has 0 amide bonds. The number of imidazole rings is 1. The molecule has 0 atom stereocenters. The number of benzene rings is 1. The van der Waals surface area contributed by atoms with Crippen LogP contribution in [0.1, 0.15) is 5.69 Å². The Labute approximate surface area is 125 Å². The summed E-state index contributed by atoms with van der Waals surface area (Å²) in [6.45, 7) is 0.607. The second-order valence-electron chi connectivity index (χ2n) is 4.50. The molecule has 21 heavy (non-hydrogen) atoms. The van der Waals surface area contributed by atoms with Crippen molar-refractivity contribution >= 4 is 17.4 Å². The van der Waals surface area contributed by atoms with Crippen LogP contribution in [0.25, 0.3) is 5.65 Å². The van der Waals surface area contributed by atoms with Crippen molar-refractivity contribution in [3.05, 3.63) is 59.9 Å². The van der Waals surface area contributed by atoms with E-state index in [0.29, 0.717) is 16.5 Å². The number of pyridine rings is 1. The summed E-state index contributed by atoms with van der Waals surface area (Å²) in [6, 6.07) is 9.28. The topological polar surface area (TPSA) is 29.3 Å². The van der Waals surface area contributed by atoms with Crippen LogP contribution in [0.3, 0.4) is 0 Å². The molecule has 2 aromatic heterocycles. The maximum atomic E-state index is 13.8. The van der Waals surface area contributed by atoms with Crippen molar-refractivity contribution in [2.45, 2.75) is 16.5 Å². The molecule has 108 valence electrons. The summed E-state index contributed by atoms with van der Waals surface area (Å²) in [5.41, 5.74) is 1.74. The monoisotopic (exact) mass is 305 g/mol. The van der Waals surface area contributed by atoms with E-state index in [4.69, 9.17) is 0 Å². The molecule has 0 bridgehead atoms. The third-order valence-corrected chi connectivity index (χ3v) is 4.11. The van der Waals surface area contributed by atoms with Crippen LogP contribution in [0.5, 0.6) is 0 Å². The van der Waals surface area contributed by atoms with Gasteiger partial charge in [0.15, 0.2) is 0 Å². The second-order valence-corrected chi connectivity index (χ2v) is 5.53. The van der Waals surface area contributed by atoms with Crippen molar-refractivity contribution < 1.29 is 8.78 Å². The zero-order valence-electron chi connectivity index (χ0n) is 11.3. The maximum absolute atomic E-state index is 13.8. The van der Waals surface area contributed by atoms with Crippen LogP contribution in [0.15, 0.2) is 52.5 Å². The Morgan fingerprint density at radius 3 is 2.86 bits per heavy atom. The van der Waals surface area contributed by atoms with Crippen molar-refractivity contribution in [1.82, 2.24) is 14.7 Å². The number of nitrogens with one attached hydrogen (secondary N) is 1. The van der Waals surface area contributed by atoms with E-state index in [1.165, 1.54) is 23.9 Å². The summed E-state index contributed by atoms with van der Waals surface area (Å²) in [4.78, 5) is 4.87. The average molecular weight is 305 g/mol. The van der Waals surface area contributed by atoms with Gasteiger partial charge in [0.05, 0.1) is 5.69 Å². The first-order valence-corrected chi connectivity index (χ1v) is 7.24. The zero-order chi connectivity index (χ0) is 14.8. The number of hydrogen-bond donors (Lipinski definition) is 1. The quantitative estimate of drug-likeness (QED) is 0.800. The number of nitrogens with zero attached hydrogens (tertiary/aromatic N) is 2. The van der Waals surface area contributed by atoms with E-state index in [2.05, 4.69) is 10.3 Å². The maximum Gasteiger partial charge on any atom is 0.140 e. The van der Waals surface area contributed by atoms with Crippen LogP contribution in [0.2, 0.25) is 0 Å². The summed E-state index contributed by atoms with van der Waals surface area (Å²) in [7, 11) is 1.84. The Morgan fingerprint density at radius 1 is 1.24 bits per heavy atom. The highest BCUT2D eigenvalue weighted by Crippen LogP contribution is 2.32. The van der Waals surface area contributed by atoms with E-state index < -0.39 is 11.6 Å². The summed E-state index contributed by atoms with van der Waals surface area (Å²) in [6.07, 6.45) is 1.92. The summed E-state index contributed by atoms with van der Waals surface area (Å²) >= 11 is 1.20. The smallest absolute Gasteiger partial charge is 0.140 e. The molecule has 3 nitrogen and oxygen atoms in total. The lowest BCUT2D eigenvalue weighted by Crippen LogP contribution is -2.08. The number of aromatic nitrogens is 2. The number of halogens is 2. The molecule has 3 rings (SSSR count). The van der Waals surface area contributed by atoms with Gasteiger partial charge in [0, 0.05) is 23.7 Å². The van der Waals surface area contributed by atoms with Gasteiger partial charge in [-0.05, 0) is 31.3 Å². The van der Waals surface area contributed by atoms with E-state index in [1.54, 1.807) is 0 Å². The van der Waals surface area contributed by atoms with Gasteiger partial charge < -0.3 is 9.72 Å².